The van der Waals surface area contributed by atoms with Gasteiger partial charge in [0.25, 0.3) is 0 Å². The summed E-state index contributed by atoms with van der Waals surface area (Å²) in [5.74, 6) is 0.746. The molecule has 2 aromatic carbocycles. The van der Waals surface area contributed by atoms with Crippen molar-refractivity contribution in [3.8, 4) is 0 Å². The SMILES string of the molecule is Fc1cccc(Nc2ccnc(Nc3ccc(Br)cc3)n2)c1. The molecule has 0 atom stereocenters. The van der Waals surface area contributed by atoms with Crippen molar-refractivity contribution in [3.05, 3.63) is 71.1 Å². The van der Waals surface area contributed by atoms with E-state index in [1.165, 1.54) is 12.1 Å². The van der Waals surface area contributed by atoms with Gasteiger partial charge in [0.15, 0.2) is 0 Å². The van der Waals surface area contributed by atoms with Gasteiger partial charge >= 0.3 is 0 Å². The molecule has 0 unspecified atom stereocenters. The molecule has 0 aliphatic rings. The third kappa shape index (κ3) is 3.79. The van der Waals surface area contributed by atoms with Crippen molar-refractivity contribution in [2.24, 2.45) is 0 Å². The second-order valence-electron chi connectivity index (χ2n) is 4.53. The number of nitrogens with zero attached hydrogens (tertiary/aromatic N) is 2. The number of benzene rings is 2. The lowest BCUT2D eigenvalue weighted by atomic mass is 10.3. The first-order valence-electron chi connectivity index (χ1n) is 6.57. The Balaban J connectivity index is 1.76. The van der Waals surface area contributed by atoms with Gasteiger partial charge in [0, 0.05) is 22.0 Å². The van der Waals surface area contributed by atoms with Crippen LogP contribution in [0, 0.1) is 5.82 Å². The van der Waals surface area contributed by atoms with Crippen molar-refractivity contribution in [1.82, 2.24) is 9.97 Å². The van der Waals surface area contributed by atoms with E-state index in [9.17, 15) is 4.39 Å². The zero-order valence-corrected chi connectivity index (χ0v) is 13.0. The summed E-state index contributed by atoms with van der Waals surface area (Å²) in [5, 5.41) is 6.15. The van der Waals surface area contributed by atoms with Gasteiger partial charge in [0.05, 0.1) is 0 Å². The van der Waals surface area contributed by atoms with Crippen molar-refractivity contribution in [1.29, 1.82) is 0 Å². The summed E-state index contributed by atoms with van der Waals surface area (Å²) in [6.07, 6.45) is 1.63. The van der Waals surface area contributed by atoms with Crippen molar-refractivity contribution in [2.45, 2.75) is 0 Å². The first kappa shape index (κ1) is 14.5. The van der Waals surface area contributed by atoms with Gasteiger partial charge in [-0.2, -0.15) is 4.98 Å². The van der Waals surface area contributed by atoms with Crippen molar-refractivity contribution in [2.75, 3.05) is 10.6 Å². The lowest BCUT2D eigenvalue weighted by molar-refractivity contribution is 0.628. The summed E-state index contributed by atoms with van der Waals surface area (Å²) < 4.78 is 14.2. The van der Waals surface area contributed by atoms with Crippen molar-refractivity contribution in [3.63, 3.8) is 0 Å². The highest BCUT2D eigenvalue weighted by Crippen LogP contribution is 2.19. The molecule has 110 valence electrons. The average Bonchev–Trinajstić information content (AvgIpc) is 2.50. The molecule has 0 bridgehead atoms. The standard InChI is InChI=1S/C16H12BrFN4/c17-11-4-6-13(7-5-11)21-16-19-9-8-15(22-16)20-14-3-1-2-12(18)10-14/h1-10H,(H2,19,20,21,22). The summed E-state index contributed by atoms with van der Waals surface area (Å²) in [4.78, 5) is 8.52. The molecule has 0 aliphatic heterocycles. The van der Waals surface area contributed by atoms with Gasteiger partial charge in [-0.25, -0.2) is 9.37 Å². The second kappa shape index (κ2) is 6.53. The smallest absolute Gasteiger partial charge is 0.229 e. The fourth-order valence-corrected chi connectivity index (χ4v) is 2.13. The first-order valence-corrected chi connectivity index (χ1v) is 7.36. The van der Waals surface area contributed by atoms with Crippen LogP contribution in [0.25, 0.3) is 0 Å². The Bertz CT molecular complexity index is 777. The van der Waals surface area contributed by atoms with E-state index >= 15 is 0 Å². The minimum Gasteiger partial charge on any atom is -0.340 e. The lowest BCUT2D eigenvalue weighted by Crippen LogP contribution is -2.00. The Labute approximate surface area is 135 Å². The third-order valence-corrected chi connectivity index (χ3v) is 3.38. The van der Waals surface area contributed by atoms with Crippen LogP contribution >= 0.6 is 15.9 Å². The molecule has 0 radical (unpaired) electrons. The van der Waals surface area contributed by atoms with E-state index in [4.69, 9.17) is 0 Å². The Morgan fingerprint density at radius 3 is 2.50 bits per heavy atom. The zero-order chi connectivity index (χ0) is 15.4. The number of anilines is 4. The van der Waals surface area contributed by atoms with Gasteiger partial charge in [-0.15, -0.1) is 0 Å². The second-order valence-corrected chi connectivity index (χ2v) is 5.45. The quantitative estimate of drug-likeness (QED) is 0.698. The summed E-state index contributed by atoms with van der Waals surface area (Å²) >= 11 is 3.39. The Hall–Kier alpha value is -2.47. The number of nitrogens with one attached hydrogen (secondary N) is 2. The highest BCUT2D eigenvalue weighted by atomic mass is 79.9. The van der Waals surface area contributed by atoms with Gasteiger partial charge in [0.2, 0.25) is 5.95 Å². The zero-order valence-electron chi connectivity index (χ0n) is 11.4. The van der Waals surface area contributed by atoms with Gasteiger partial charge < -0.3 is 10.6 Å². The van der Waals surface area contributed by atoms with Crippen LogP contribution < -0.4 is 10.6 Å². The summed E-state index contributed by atoms with van der Waals surface area (Å²) in [7, 11) is 0. The summed E-state index contributed by atoms with van der Waals surface area (Å²) in [5.41, 5.74) is 1.51. The average molecular weight is 359 g/mol. The van der Waals surface area contributed by atoms with E-state index in [0.29, 0.717) is 17.5 Å². The molecule has 0 fully saturated rings. The van der Waals surface area contributed by atoms with Crippen LogP contribution in [0.5, 0.6) is 0 Å². The third-order valence-electron chi connectivity index (χ3n) is 2.85. The molecule has 2 N–H and O–H groups in total. The highest BCUT2D eigenvalue weighted by molar-refractivity contribution is 9.10. The molecule has 22 heavy (non-hydrogen) atoms. The Kier molecular flexibility index (Phi) is 4.29. The minimum absolute atomic E-state index is 0.299. The van der Waals surface area contributed by atoms with Crippen LogP contribution in [0.2, 0.25) is 0 Å². The van der Waals surface area contributed by atoms with Crippen molar-refractivity contribution < 1.29 is 4.39 Å². The van der Waals surface area contributed by atoms with Crippen LogP contribution in [0.15, 0.2) is 65.3 Å². The van der Waals surface area contributed by atoms with Crippen LogP contribution in [0.4, 0.5) is 27.5 Å². The monoisotopic (exact) mass is 358 g/mol. The molecule has 1 heterocycles. The molecule has 0 saturated carbocycles. The van der Waals surface area contributed by atoms with Gasteiger partial charge in [0.1, 0.15) is 11.6 Å². The molecular formula is C16H12BrFN4. The molecule has 0 aliphatic carbocycles. The van der Waals surface area contributed by atoms with Gasteiger partial charge in [-0.3, -0.25) is 0 Å². The first-order chi connectivity index (χ1) is 10.7. The number of rotatable bonds is 4. The fraction of sp³-hybridized carbons (Fsp3) is 0. The van der Waals surface area contributed by atoms with E-state index in [1.807, 2.05) is 24.3 Å². The molecule has 3 aromatic rings. The Morgan fingerprint density at radius 2 is 1.73 bits per heavy atom. The number of aromatic nitrogens is 2. The largest absolute Gasteiger partial charge is 0.340 e. The number of hydrogen-bond acceptors (Lipinski definition) is 4. The molecule has 0 spiro atoms. The Morgan fingerprint density at radius 1 is 0.909 bits per heavy atom. The van der Waals surface area contributed by atoms with E-state index in [1.54, 1.807) is 24.4 Å². The normalized spacial score (nSPS) is 10.3. The summed E-state index contributed by atoms with van der Waals surface area (Å²) in [6.45, 7) is 0. The molecule has 0 saturated heterocycles. The van der Waals surface area contributed by atoms with Gasteiger partial charge in [-0.1, -0.05) is 22.0 Å². The van der Waals surface area contributed by atoms with Crippen LogP contribution in [-0.4, -0.2) is 9.97 Å². The van der Waals surface area contributed by atoms with Crippen LogP contribution in [0.1, 0.15) is 0 Å². The van der Waals surface area contributed by atoms with Crippen molar-refractivity contribution >= 4 is 39.1 Å². The number of hydrogen-bond donors (Lipinski definition) is 2. The van der Waals surface area contributed by atoms with E-state index in [-0.39, 0.29) is 5.82 Å². The highest BCUT2D eigenvalue weighted by Gasteiger charge is 2.02. The molecule has 6 heteroatoms. The maximum Gasteiger partial charge on any atom is 0.229 e. The molecule has 3 rings (SSSR count). The topological polar surface area (TPSA) is 49.8 Å². The molecule has 1 aromatic heterocycles. The van der Waals surface area contributed by atoms with E-state index in [0.717, 1.165) is 10.2 Å². The van der Waals surface area contributed by atoms with Crippen LogP contribution in [0.3, 0.4) is 0 Å². The fourth-order valence-electron chi connectivity index (χ4n) is 1.86. The minimum atomic E-state index is -0.299. The molecule has 0 amide bonds. The maximum atomic E-state index is 13.2. The number of halogens is 2. The predicted molar refractivity (Wildman–Crippen MR) is 89.1 cm³/mol. The molecular weight excluding hydrogens is 347 g/mol. The van der Waals surface area contributed by atoms with E-state index in [2.05, 4.69) is 36.5 Å². The van der Waals surface area contributed by atoms with E-state index < -0.39 is 0 Å². The maximum absolute atomic E-state index is 13.2. The lowest BCUT2D eigenvalue weighted by Gasteiger charge is -2.08. The molecule has 4 nitrogen and oxygen atoms in total. The van der Waals surface area contributed by atoms with Gasteiger partial charge in [-0.05, 0) is 48.5 Å². The predicted octanol–water partition coefficient (Wildman–Crippen LogP) is 4.87. The summed E-state index contributed by atoms with van der Waals surface area (Å²) in [6, 6.07) is 15.6. The van der Waals surface area contributed by atoms with Crippen LogP contribution in [-0.2, 0) is 0 Å².